The van der Waals surface area contributed by atoms with Crippen molar-refractivity contribution in [1.82, 2.24) is 49.4 Å². The molecule has 10 N–H and O–H groups in total. The maximum absolute atomic E-state index is 6.50. The van der Waals surface area contributed by atoms with Gasteiger partial charge < -0.3 is 53.2 Å². The highest BCUT2D eigenvalue weighted by molar-refractivity contribution is 5.44. The summed E-state index contributed by atoms with van der Waals surface area (Å²) >= 11 is 0. The van der Waals surface area contributed by atoms with E-state index in [1.165, 1.54) is 96.9 Å². The van der Waals surface area contributed by atoms with Gasteiger partial charge in [0, 0.05) is 137 Å². The van der Waals surface area contributed by atoms with Crippen molar-refractivity contribution in [1.29, 1.82) is 0 Å². The van der Waals surface area contributed by atoms with Crippen molar-refractivity contribution in [3.8, 4) is 0 Å². The summed E-state index contributed by atoms with van der Waals surface area (Å²) in [5.74, 6) is 0. The smallest absolute Gasteiger partial charge is 0.0697 e. The third kappa shape index (κ3) is 12.8. The molecule has 15 nitrogen and oxygen atoms in total. The minimum Gasteiger partial charge on any atom is -0.327 e. The van der Waals surface area contributed by atoms with Crippen molar-refractivity contribution < 1.29 is 0 Å². The van der Waals surface area contributed by atoms with Gasteiger partial charge in [-0.1, -0.05) is 42.5 Å². The second-order valence-corrected chi connectivity index (χ2v) is 30.5. The highest BCUT2D eigenvalue weighted by Gasteiger charge is 2.52. The van der Waals surface area contributed by atoms with Crippen molar-refractivity contribution in [3.05, 3.63) is 148 Å². The van der Waals surface area contributed by atoms with E-state index in [4.69, 9.17) is 28.7 Å². The van der Waals surface area contributed by atoms with Gasteiger partial charge in [-0.15, -0.1) is 0 Å². The summed E-state index contributed by atoms with van der Waals surface area (Å²) < 4.78 is 0. The van der Waals surface area contributed by atoms with Crippen LogP contribution in [0.2, 0.25) is 0 Å². The average molecular weight is 1230 g/mol. The van der Waals surface area contributed by atoms with Crippen LogP contribution < -0.4 is 28.7 Å². The van der Waals surface area contributed by atoms with Gasteiger partial charge in [-0.2, -0.15) is 0 Å². The SMILES string of the molecule is CC(C)N1CCC2(CC1)c1ccccc1C[C@H]2N.CC(C)N1CCC2(CC1)c1cccnc1C[C@H]2N.CC(C)N1CCC2(CC1)c1ncccc1C[C@H]2N.CC(C)N1CCC2(CC1)c1ncccc1C[C@H]2N.CC(C)N1CCC2(CC1)c1nccnc1C[C@H]2N. The van der Waals surface area contributed by atoms with E-state index in [9.17, 15) is 0 Å². The van der Waals surface area contributed by atoms with E-state index in [-0.39, 0.29) is 51.2 Å². The van der Waals surface area contributed by atoms with Gasteiger partial charge >= 0.3 is 0 Å². The zero-order valence-electron chi connectivity index (χ0n) is 57.0. The predicted octanol–water partition coefficient (Wildman–Crippen LogP) is 8.54. The summed E-state index contributed by atoms with van der Waals surface area (Å²) in [6.07, 6.45) is 26.0. The van der Waals surface area contributed by atoms with Crippen LogP contribution >= 0.6 is 0 Å². The van der Waals surface area contributed by atoms with E-state index in [0.717, 1.165) is 116 Å². The van der Waals surface area contributed by atoms with E-state index >= 15 is 0 Å². The Hall–Kier alpha value is -4.65. The number of fused-ring (bicyclic) bond motifs is 10. The van der Waals surface area contributed by atoms with Gasteiger partial charge in [-0.3, -0.25) is 24.9 Å². The number of aromatic nitrogens is 5. The van der Waals surface area contributed by atoms with Crippen LogP contribution in [0.15, 0.2) is 91.6 Å². The Balaban J connectivity index is 0.000000116. The Kier molecular flexibility index (Phi) is 20.6. The Morgan fingerprint density at radius 3 is 1.02 bits per heavy atom. The molecule has 5 spiro atoms. The van der Waals surface area contributed by atoms with Crippen molar-refractivity contribution in [2.75, 3.05) is 65.4 Å². The van der Waals surface area contributed by atoms with Crippen molar-refractivity contribution >= 4 is 0 Å². The molecule has 1 aromatic carbocycles. The molecule has 0 saturated carbocycles. The van der Waals surface area contributed by atoms with Crippen LogP contribution in [0.25, 0.3) is 0 Å². The molecule has 4 aromatic heterocycles. The van der Waals surface area contributed by atoms with Crippen LogP contribution in [0.3, 0.4) is 0 Å². The van der Waals surface area contributed by atoms with Crippen molar-refractivity contribution in [2.24, 2.45) is 28.7 Å². The van der Waals surface area contributed by atoms with Gasteiger partial charge in [0.2, 0.25) is 0 Å². The molecule has 5 saturated heterocycles. The first-order chi connectivity index (χ1) is 43.2. The van der Waals surface area contributed by atoms with Crippen LogP contribution in [-0.4, -0.2) is 175 Å². The zero-order valence-corrected chi connectivity index (χ0v) is 57.0. The van der Waals surface area contributed by atoms with E-state index in [1.54, 1.807) is 11.8 Å². The highest BCUT2D eigenvalue weighted by Crippen LogP contribution is 2.49. The molecule has 15 rings (SSSR count). The number of rotatable bonds is 5. The lowest BCUT2D eigenvalue weighted by Gasteiger charge is -2.44. The van der Waals surface area contributed by atoms with Gasteiger partial charge in [-0.05, 0) is 264 Å². The molecule has 5 atom stereocenters. The van der Waals surface area contributed by atoms with Crippen LogP contribution in [0.1, 0.15) is 190 Å². The second kappa shape index (κ2) is 27.7. The summed E-state index contributed by atoms with van der Waals surface area (Å²) in [7, 11) is 0. The molecule has 15 heteroatoms. The van der Waals surface area contributed by atoms with Gasteiger partial charge in [-0.25, -0.2) is 0 Å². The molecule has 0 amide bonds. The molecule has 490 valence electrons. The van der Waals surface area contributed by atoms with Crippen LogP contribution in [0, 0.1) is 0 Å². The molecule has 0 bridgehead atoms. The Morgan fingerprint density at radius 1 is 0.300 bits per heavy atom. The van der Waals surface area contributed by atoms with Gasteiger partial charge in [0.15, 0.2) is 0 Å². The van der Waals surface area contributed by atoms with Gasteiger partial charge in [0.1, 0.15) is 0 Å². The lowest BCUT2D eigenvalue weighted by atomic mass is 9.71. The number of hydrogen-bond donors (Lipinski definition) is 5. The van der Waals surface area contributed by atoms with E-state index in [0.29, 0.717) is 36.3 Å². The number of nitrogens with two attached hydrogens (primary N) is 5. The highest BCUT2D eigenvalue weighted by atomic mass is 15.2. The van der Waals surface area contributed by atoms with E-state index in [2.05, 4.69) is 167 Å². The monoisotopic (exact) mass is 1230 g/mol. The summed E-state index contributed by atoms with van der Waals surface area (Å²) in [6.45, 7) is 34.4. The van der Waals surface area contributed by atoms with Crippen molar-refractivity contribution in [3.63, 3.8) is 0 Å². The van der Waals surface area contributed by atoms with Crippen LogP contribution in [0.5, 0.6) is 0 Å². The minimum atomic E-state index is 0.0922. The van der Waals surface area contributed by atoms with Crippen molar-refractivity contribution in [2.45, 2.75) is 253 Å². The Morgan fingerprint density at radius 2 is 0.578 bits per heavy atom. The molecule has 5 aliphatic heterocycles. The zero-order chi connectivity index (χ0) is 63.8. The largest absolute Gasteiger partial charge is 0.327 e. The fourth-order valence-corrected chi connectivity index (χ4v) is 18.6. The molecule has 0 unspecified atom stereocenters. The minimum absolute atomic E-state index is 0.0922. The molecule has 90 heavy (non-hydrogen) atoms. The summed E-state index contributed by atoms with van der Waals surface area (Å²) in [5.41, 5.74) is 46.5. The summed E-state index contributed by atoms with van der Waals surface area (Å²) in [6, 6.07) is 26.2. The molecule has 10 aliphatic rings. The topological polar surface area (TPSA) is 211 Å². The molecule has 9 heterocycles. The maximum atomic E-state index is 6.50. The molecule has 5 aliphatic carbocycles. The number of pyridine rings is 3. The summed E-state index contributed by atoms with van der Waals surface area (Å²) in [5, 5.41) is 0. The van der Waals surface area contributed by atoms with Gasteiger partial charge in [0.05, 0.1) is 22.8 Å². The number of likely N-dealkylation sites (tertiary alicyclic amines) is 5. The molecule has 0 radical (unpaired) electrons. The fourth-order valence-electron chi connectivity index (χ4n) is 18.6. The molecule has 5 fully saturated rings. The predicted molar refractivity (Wildman–Crippen MR) is 368 cm³/mol. The number of benzene rings is 1. The van der Waals surface area contributed by atoms with Crippen LogP contribution in [0.4, 0.5) is 0 Å². The normalized spacial score (nSPS) is 26.8. The van der Waals surface area contributed by atoms with Crippen LogP contribution in [-0.2, 0) is 59.2 Å². The van der Waals surface area contributed by atoms with E-state index in [1.807, 2.05) is 36.9 Å². The number of nitrogens with zero attached hydrogens (tertiary/aromatic N) is 10. The maximum Gasteiger partial charge on any atom is 0.0697 e. The first kappa shape index (κ1) is 66.8. The average Bonchev–Trinajstić information content (AvgIpc) is 1.66. The Bertz CT molecular complexity index is 2650. The number of hydrogen-bond acceptors (Lipinski definition) is 15. The lowest BCUT2D eigenvalue weighted by molar-refractivity contribution is 0.118. The molecule has 5 aromatic rings. The standard InChI is InChI=1S/C16H24N2.3C15H23N3.C14H22N4/c1-12(2)18-9-7-16(8-10-18)14-6-4-3-5-13(14)11-15(16)17;1-11(2)18-8-5-15(6-9-18)12-4-3-7-17-13(12)10-14(15)16;2*1-11(2)18-8-5-15(6-9-18)13(16)10-12-4-3-7-17-14(12)15;1-10(2)18-7-3-14(4-8-18)12(15)9-11-13(14)17-6-5-16-11/h3-6,12,15H,7-11,17H2,1-2H3;3-4,7,11,14H,5-6,8-10,16H2,1-2H3;2*3-4,7,11,13H,5-6,8-10,16H2,1-2H3;5-6,10,12H,3-4,7-9,15H2,1-2H3/t15-;14-;2*13-;12-/m11111/s1. The van der Waals surface area contributed by atoms with E-state index < -0.39 is 0 Å². The fraction of sp³-hybridized carbons (Fsp3) is 0.667. The number of piperidine rings is 5. The first-order valence-electron chi connectivity index (χ1n) is 35.4. The molecular formula is C75H115N15. The second-order valence-electron chi connectivity index (χ2n) is 30.5. The Labute approximate surface area is 541 Å². The summed E-state index contributed by atoms with van der Waals surface area (Å²) in [4.78, 5) is 35.7. The lowest BCUT2D eigenvalue weighted by Crippen LogP contribution is -2.52. The quantitative estimate of drug-likeness (QED) is 0.112. The molecular weight excluding hydrogens is 1110 g/mol. The van der Waals surface area contributed by atoms with Gasteiger partial charge in [0.25, 0.3) is 0 Å². The first-order valence-corrected chi connectivity index (χ1v) is 35.4. The third-order valence-electron chi connectivity index (χ3n) is 24.7. The third-order valence-corrected chi connectivity index (χ3v) is 24.7.